The highest BCUT2D eigenvalue weighted by Gasteiger charge is 2.36. The largest absolute Gasteiger partial charge is 0.381 e. The third-order valence-electron chi connectivity index (χ3n) is 6.01. The van der Waals surface area contributed by atoms with E-state index in [0.29, 0.717) is 42.6 Å². The molecule has 1 fully saturated rings. The van der Waals surface area contributed by atoms with Gasteiger partial charge < -0.3 is 10.1 Å². The van der Waals surface area contributed by atoms with Crippen molar-refractivity contribution in [3.05, 3.63) is 63.1 Å². The fraction of sp³-hybridized carbons (Fsp3) is 0.435. The van der Waals surface area contributed by atoms with Crippen LogP contribution in [-0.2, 0) is 25.0 Å². The maximum Gasteiger partial charge on any atom is 0.240 e. The van der Waals surface area contributed by atoms with Gasteiger partial charge in [-0.25, -0.2) is 13.1 Å². The Hall–Kier alpha value is -1.64. The topological polar surface area (TPSA) is 84.5 Å². The molecular formula is C23H28Cl2N2O4S. The lowest BCUT2D eigenvalue weighted by atomic mass is 9.74. The minimum absolute atomic E-state index is 0.0128. The average Bonchev–Trinajstić information content (AvgIpc) is 2.74. The Morgan fingerprint density at radius 3 is 2.44 bits per heavy atom. The van der Waals surface area contributed by atoms with E-state index in [0.717, 1.165) is 16.7 Å². The zero-order valence-electron chi connectivity index (χ0n) is 18.2. The molecule has 0 spiro atoms. The third kappa shape index (κ3) is 6.02. The first-order valence-electron chi connectivity index (χ1n) is 10.5. The summed E-state index contributed by atoms with van der Waals surface area (Å²) in [7, 11) is -3.67. The van der Waals surface area contributed by atoms with Crippen LogP contribution in [-0.4, -0.2) is 40.6 Å². The molecule has 32 heavy (non-hydrogen) atoms. The molecule has 9 heteroatoms. The summed E-state index contributed by atoms with van der Waals surface area (Å²) >= 11 is 12.5. The molecule has 0 aromatic heterocycles. The molecule has 2 aromatic carbocycles. The van der Waals surface area contributed by atoms with Crippen LogP contribution in [0.3, 0.4) is 0 Å². The van der Waals surface area contributed by atoms with Crippen LogP contribution in [0.5, 0.6) is 0 Å². The van der Waals surface area contributed by atoms with E-state index in [1.807, 2.05) is 19.9 Å². The molecule has 1 saturated heterocycles. The fourth-order valence-corrected chi connectivity index (χ4v) is 5.57. The maximum atomic E-state index is 12.5. The molecule has 0 saturated carbocycles. The maximum absolute atomic E-state index is 12.5. The smallest absolute Gasteiger partial charge is 0.240 e. The van der Waals surface area contributed by atoms with Crippen LogP contribution in [0.15, 0.2) is 41.3 Å². The predicted octanol–water partition coefficient (Wildman–Crippen LogP) is 4.14. The van der Waals surface area contributed by atoms with Gasteiger partial charge in [0.05, 0.1) is 4.90 Å². The van der Waals surface area contributed by atoms with Gasteiger partial charge in [-0.1, -0.05) is 35.3 Å². The van der Waals surface area contributed by atoms with Gasteiger partial charge in [0, 0.05) is 48.2 Å². The van der Waals surface area contributed by atoms with Gasteiger partial charge in [-0.15, -0.1) is 0 Å². The van der Waals surface area contributed by atoms with Crippen molar-refractivity contribution in [3.8, 4) is 0 Å². The summed E-state index contributed by atoms with van der Waals surface area (Å²) in [5.74, 6) is -0.233. The van der Waals surface area contributed by atoms with Gasteiger partial charge in [-0.3, -0.25) is 4.79 Å². The predicted molar refractivity (Wildman–Crippen MR) is 127 cm³/mol. The molecule has 1 aliphatic heterocycles. The van der Waals surface area contributed by atoms with Gasteiger partial charge in [-0.2, -0.15) is 0 Å². The van der Waals surface area contributed by atoms with Crippen molar-refractivity contribution in [1.82, 2.24) is 10.0 Å². The molecule has 1 amide bonds. The number of rotatable bonds is 8. The Morgan fingerprint density at radius 1 is 1.06 bits per heavy atom. The summed E-state index contributed by atoms with van der Waals surface area (Å²) < 4.78 is 33.0. The number of benzene rings is 2. The summed E-state index contributed by atoms with van der Waals surface area (Å²) in [5.41, 5.74) is 2.50. The van der Waals surface area contributed by atoms with Gasteiger partial charge in [-0.05, 0) is 67.6 Å². The lowest BCUT2D eigenvalue weighted by Gasteiger charge is -2.38. The Labute approximate surface area is 199 Å². The number of hydrogen-bond donors (Lipinski definition) is 2. The highest BCUT2D eigenvalue weighted by atomic mass is 35.5. The van der Waals surface area contributed by atoms with E-state index in [4.69, 9.17) is 27.9 Å². The van der Waals surface area contributed by atoms with E-state index < -0.39 is 10.0 Å². The molecule has 0 atom stereocenters. The molecule has 6 nitrogen and oxygen atoms in total. The summed E-state index contributed by atoms with van der Waals surface area (Å²) in [6.07, 6.45) is 1.47. The van der Waals surface area contributed by atoms with Crippen LogP contribution in [0.1, 0.15) is 36.0 Å². The van der Waals surface area contributed by atoms with Gasteiger partial charge in [0.15, 0.2) is 0 Å². The molecule has 0 aliphatic carbocycles. The molecular weight excluding hydrogens is 471 g/mol. The second-order valence-corrected chi connectivity index (χ2v) is 10.8. The number of nitrogens with one attached hydrogen (secondary N) is 2. The van der Waals surface area contributed by atoms with Crippen molar-refractivity contribution in [2.24, 2.45) is 0 Å². The Balaban J connectivity index is 1.59. The molecule has 1 heterocycles. The van der Waals surface area contributed by atoms with E-state index in [-0.39, 0.29) is 29.2 Å². The highest BCUT2D eigenvalue weighted by Crippen LogP contribution is 2.39. The number of carbonyl (C=O) groups is 1. The average molecular weight is 499 g/mol. The van der Waals surface area contributed by atoms with Crippen molar-refractivity contribution in [2.45, 2.75) is 43.4 Å². The third-order valence-corrected chi connectivity index (χ3v) is 8.02. The molecule has 0 bridgehead atoms. The molecule has 3 rings (SSSR count). The van der Waals surface area contributed by atoms with Crippen molar-refractivity contribution < 1.29 is 17.9 Å². The number of hydrogen-bond acceptors (Lipinski definition) is 4. The van der Waals surface area contributed by atoms with Crippen molar-refractivity contribution in [3.63, 3.8) is 0 Å². The van der Waals surface area contributed by atoms with E-state index in [1.54, 1.807) is 30.3 Å². The molecule has 174 valence electrons. The second kappa shape index (κ2) is 10.5. The summed E-state index contributed by atoms with van der Waals surface area (Å²) in [6.45, 7) is 5.33. The zero-order valence-corrected chi connectivity index (χ0v) is 20.5. The first-order chi connectivity index (χ1) is 15.1. The lowest BCUT2D eigenvalue weighted by Crippen LogP contribution is -2.45. The van der Waals surface area contributed by atoms with Crippen molar-refractivity contribution in [1.29, 1.82) is 0 Å². The lowest BCUT2D eigenvalue weighted by molar-refractivity contribution is -0.121. The molecule has 2 N–H and O–H groups in total. The fourth-order valence-electron chi connectivity index (χ4n) is 3.84. The summed E-state index contributed by atoms with van der Waals surface area (Å²) in [5, 5.41) is 4.08. The highest BCUT2D eigenvalue weighted by molar-refractivity contribution is 7.89. The number of halogens is 2. The van der Waals surface area contributed by atoms with E-state index in [1.165, 1.54) is 0 Å². The van der Waals surface area contributed by atoms with Gasteiger partial charge in [0.25, 0.3) is 0 Å². The SMILES string of the molecule is Cc1ccc(S(=O)(=O)NCCC(=O)NCC2(c3ccc(Cl)cc3Cl)CCOCC2)cc1C. The standard InChI is InChI=1S/C23H28Cl2N2O4S/c1-16-3-5-19(13-17(16)2)32(29,30)27-10-7-22(28)26-15-23(8-11-31-12-9-23)20-6-4-18(24)14-21(20)25/h3-6,13-14,27H,7-12,15H2,1-2H3,(H,26,28). The normalized spacial score (nSPS) is 16.0. The van der Waals surface area contributed by atoms with E-state index >= 15 is 0 Å². The molecule has 0 unspecified atom stereocenters. The first kappa shape index (κ1) is 25.0. The van der Waals surface area contributed by atoms with Crippen LogP contribution in [0, 0.1) is 13.8 Å². The number of amides is 1. The van der Waals surface area contributed by atoms with E-state index in [2.05, 4.69) is 10.0 Å². The zero-order chi connectivity index (χ0) is 23.4. The quantitative estimate of drug-likeness (QED) is 0.572. The van der Waals surface area contributed by atoms with Crippen molar-refractivity contribution >= 4 is 39.1 Å². The first-order valence-corrected chi connectivity index (χ1v) is 12.7. The van der Waals surface area contributed by atoms with Gasteiger partial charge in [0.1, 0.15) is 0 Å². The molecule has 2 aromatic rings. The van der Waals surface area contributed by atoms with Crippen LogP contribution < -0.4 is 10.0 Å². The number of ether oxygens (including phenoxy) is 1. The minimum atomic E-state index is -3.67. The van der Waals surface area contributed by atoms with Gasteiger partial charge >= 0.3 is 0 Å². The van der Waals surface area contributed by atoms with Gasteiger partial charge in [0.2, 0.25) is 15.9 Å². The van der Waals surface area contributed by atoms with Crippen molar-refractivity contribution in [2.75, 3.05) is 26.3 Å². The summed E-state index contributed by atoms with van der Waals surface area (Å²) in [6, 6.07) is 10.4. The number of sulfonamides is 1. The van der Waals surface area contributed by atoms with Crippen LogP contribution in [0.4, 0.5) is 0 Å². The number of carbonyl (C=O) groups excluding carboxylic acids is 1. The minimum Gasteiger partial charge on any atom is -0.381 e. The monoisotopic (exact) mass is 498 g/mol. The van der Waals surface area contributed by atoms with Crippen LogP contribution in [0.25, 0.3) is 0 Å². The Bertz CT molecular complexity index is 1080. The summed E-state index contributed by atoms with van der Waals surface area (Å²) in [4.78, 5) is 12.7. The molecule has 0 radical (unpaired) electrons. The molecule has 1 aliphatic rings. The number of aryl methyl sites for hydroxylation is 2. The van der Waals surface area contributed by atoms with E-state index in [9.17, 15) is 13.2 Å². The Kier molecular flexibility index (Phi) is 8.22. The second-order valence-electron chi connectivity index (χ2n) is 8.19. The van der Waals surface area contributed by atoms with Crippen LogP contribution >= 0.6 is 23.2 Å². The Morgan fingerprint density at radius 2 is 1.78 bits per heavy atom. The van der Waals surface area contributed by atoms with Crippen LogP contribution in [0.2, 0.25) is 10.0 Å².